The van der Waals surface area contributed by atoms with Crippen LogP contribution in [0.5, 0.6) is 0 Å². The van der Waals surface area contributed by atoms with E-state index in [0.717, 1.165) is 11.4 Å². The maximum Gasteiger partial charge on any atom is 0.323 e. The Labute approximate surface area is 94.1 Å². The molecule has 0 saturated carbocycles. The lowest BCUT2D eigenvalue weighted by Gasteiger charge is -2.06. The van der Waals surface area contributed by atoms with Crippen LogP contribution in [0.2, 0.25) is 0 Å². The summed E-state index contributed by atoms with van der Waals surface area (Å²) in [5, 5.41) is 5.45. The zero-order valence-electron chi connectivity index (χ0n) is 8.60. The third kappa shape index (κ3) is 2.85. The van der Waals surface area contributed by atoms with Crippen LogP contribution in [-0.4, -0.2) is 6.03 Å². The van der Waals surface area contributed by atoms with Gasteiger partial charge in [-0.25, -0.2) is 4.79 Å². The first-order valence-electron chi connectivity index (χ1n) is 4.94. The Morgan fingerprint density at radius 3 is 2.06 bits per heavy atom. The predicted octanol–water partition coefficient (Wildman–Crippen LogP) is 3.13. The molecule has 2 aromatic carbocycles. The van der Waals surface area contributed by atoms with Gasteiger partial charge < -0.3 is 10.6 Å². The fourth-order valence-corrected chi connectivity index (χ4v) is 1.29. The number of anilines is 2. The van der Waals surface area contributed by atoms with Crippen LogP contribution >= 0.6 is 0 Å². The van der Waals surface area contributed by atoms with E-state index in [1.807, 2.05) is 30.3 Å². The van der Waals surface area contributed by atoms with E-state index in [1.54, 1.807) is 24.3 Å². The number of benzene rings is 2. The van der Waals surface area contributed by atoms with Crippen molar-refractivity contribution in [3.05, 3.63) is 60.7 Å². The monoisotopic (exact) mass is 211 g/mol. The summed E-state index contributed by atoms with van der Waals surface area (Å²) in [7, 11) is 0. The minimum absolute atomic E-state index is 0.252. The molecule has 0 heterocycles. The normalized spacial score (nSPS) is 9.50. The summed E-state index contributed by atoms with van der Waals surface area (Å²) in [4.78, 5) is 11.5. The molecule has 3 heteroatoms. The number of urea groups is 1. The van der Waals surface area contributed by atoms with Crippen LogP contribution < -0.4 is 10.6 Å². The van der Waals surface area contributed by atoms with Crippen LogP contribution in [0.15, 0.2) is 54.6 Å². The Kier molecular flexibility index (Phi) is 3.18. The molecule has 16 heavy (non-hydrogen) atoms. The van der Waals surface area contributed by atoms with E-state index in [0.29, 0.717) is 0 Å². The highest BCUT2D eigenvalue weighted by molar-refractivity contribution is 5.99. The van der Waals surface area contributed by atoms with Crippen molar-refractivity contribution in [1.82, 2.24) is 0 Å². The summed E-state index contributed by atoms with van der Waals surface area (Å²) in [6.45, 7) is 0. The molecule has 0 saturated heterocycles. The second-order valence-corrected chi connectivity index (χ2v) is 3.23. The molecule has 0 unspecified atom stereocenters. The van der Waals surface area contributed by atoms with Gasteiger partial charge >= 0.3 is 6.03 Å². The summed E-state index contributed by atoms with van der Waals surface area (Å²) < 4.78 is 0. The van der Waals surface area contributed by atoms with Crippen LogP contribution in [0, 0.1) is 6.07 Å². The van der Waals surface area contributed by atoms with E-state index in [-0.39, 0.29) is 6.03 Å². The number of carbonyl (C=O) groups is 1. The van der Waals surface area contributed by atoms with Gasteiger partial charge in [0.2, 0.25) is 0 Å². The van der Waals surface area contributed by atoms with Crippen LogP contribution in [-0.2, 0) is 0 Å². The first-order valence-corrected chi connectivity index (χ1v) is 4.94. The molecule has 0 aliphatic rings. The Bertz CT molecular complexity index is 410. The Morgan fingerprint density at radius 2 is 1.44 bits per heavy atom. The Morgan fingerprint density at radius 1 is 0.875 bits per heavy atom. The Hall–Kier alpha value is -2.29. The first kappa shape index (κ1) is 10.2. The van der Waals surface area contributed by atoms with Crippen LogP contribution in [0.4, 0.5) is 16.2 Å². The number of para-hydroxylation sites is 1. The number of rotatable bonds is 2. The summed E-state index contributed by atoms with van der Waals surface area (Å²) in [6, 6.07) is 19.0. The molecule has 79 valence electrons. The van der Waals surface area contributed by atoms with Gasteiger partial charge in [-0.05, 0) is 30.3 Å². The number of hydrogen-bond donors (Lipinski definition) is 2. The van der Waals surface area contributed by atoms with E-state index in [4.69, 9.17) is 0 Å². The summed E-state index contributed by atoms with van der Waals surface area (Å²) >= 11 is 0. The molecule has 2 aromatic rings. The van der Waals surface area contributed by atoms with Gasteiger partial charge in [0, 0.05) is 11.4 Å². The zero-order valence-corrected chi connectivity index (χ0v) is 8.60. The van der Waals surface area contributed by atoms with Gasteiger partial charge in [-0.2, -0.15) is 0 Å². The molecular weight excluding hydrogens is 200 g/mol. The molecule has 2 N–H and O–H groups in total. The average Bonchev–Trinajstić information content (AvgIpc) is 2.31. The largest absolute Gasteiger partial charge is 0.323 e. The Balaban J connectivity index is 1.95. The lowest BCUT2D eigenvalue weighted by Crippen LogP contribution is -2.19. The van der Waals surface area contributed by atoms with Crippen molar-refractivity contribution in [2.45, 2.75) is 0 Å². The van der Waals surface area contributed by atoms with Crippen molar-refractivity contribution in [1.29, 1.82) is 0 Å². The maximum absolute atomic E-state index is 11.5. The van der Waals surface area contributed by atoms with Crippen molar-refractivity contribution in [2.75, 3.05) is 10.6 Å². The van der Waals surface area contributed by atoms with Gasteiger partial charge in [0.05, 0.1) is 0 Å². The van der Waals surface area contributed by atoms with E-state index >= 15 is 0 Å². The summed E-state index contributed by atoms with van der Waals surface area (Å²) in [6.07, 6.45) is 0. The van der Waals surface area contributed by atoms with Crippen molar-refractivity contribution in [3.8, 4) is 0 Å². The highest BCUT2D eigenvalue weighted by Gasteiger charge is 2.00. The van der Waals surface area contributed by atoms with Crippen LogP contribution in [0.3, 0.4) is 0 Å². The summed E-state index contributed by atoms with van der Waals surface area (Å²) in [5.41, 5.74) is 1.51. The lowest BCUT2D eigenvalue weighted by atomic mass is 10.3. The van der Waals surface area contributed by atoms with E-state index < -0.39 is 0 Å². The third-order valence-electron chi connectivity index (χ3n) is 2.01. The minimum atomic E-state index is -0.252. The maximum atomic E-state index is 11.5. The van der Waals surface area contributed by atoms with E-state index in [2.05, 4.69) is 16.7 Å². The molecule has 0 atom stereocenters. The van der Waals surface area contributed by atoms with Gasteiger partial charge in [0.15, 0.2) is 0 Å². The number of hydrogen-bond acceptors (Lipinski definition) is 1. The molecule has 0 bridgehead atoms. The first-order chi connectivity index (χ1) is 7.84. The minimum Gasteiger partial charge on any atom is -0.308 e. The number of nitrogens with one attached hydrogen (secondary N) is 2. The number of amides is 2. The molecule has 0 aromatic heterocycles. The molecule has 0 spiro atoms. The van der Waals surface area contributed by atoms with Gasteiger partial charge in [-0.15, -0.1) is 0 Å². The van der Waals surface area contributed by atoms with Crippen molar-refractivity contribution < 1.29 is 4.79 Å². The third-order valence-corrected chi connectivity index (χ3v) is 2.01. The molecule has 3 nitrogen and oxygen atoms in total. The highest BCUT2D eigenvalue weighted by Crippen LogP contribution is 2.08. The van der Waals surface area contributed by atoms with Gasteiger partial charge in [-0.3, -0.25) is 0 Å². The fraction of sp³-hybridized carbons (Fsp3) is 0. The molecule has 0 aliphatic heterocycles. The van der Waals surface area contributed by atoms with Gasteiger partial charge in [0.25, 0.3) is 0 Å². The number of carbonyl (C=O) groups excluding carboxylic acids is 1. The van der Waals surface area contributed by atoms with E-state index in [9.17, 15) is 4.79 Å². The molecule has 2 rings (SSSR count). The fourth-order valence-electron chi connectivity index (χ4n) is 1.29. The van der Waals surface area contributed by atoms with Crippen LogP contribution in [0.25, 0.3) is 0 Å². The second-order valence-electron chi connectivity index (χ2n) is 3.23. The molecule has 0 fully saturated rings. The predicted molar refractivity (Wildman–Crippen MR) is 64.4 cm³/mol. The molecule has 2 amide bonds. The highest BCUT2D eigenvalue weighted by atomic mass is 16.2. The SMILES string of the molecule is O=C(Nc1cc[c]cc1)Nc1ccccc1. The van der Waals surface area contributed by atoms with Crippen molar-refractivity contribution in [2.24, 2.45) is 0 Å². The zero-order chi connectivity index (χ0) is 11.2. The smallest absolute Gasteiger partial charge is 0.308 e. The quantitative estimate of drug-likeness (QED) is 0.787. The topological polar surface area (TPSA) is 41.1 Å². The molecule has 1 radical (unpaired) electrons. The lowest BCUT2D eigenvalue weighted by molar-refractivity contribution is 0.262. The van der Waals surface area contributed by atoms with Crippen LogP contribution in [0.1, 0.15) is 0 Å². The summed E-state index contributed by atoms with van der Waals surface area (Å²) in [5.74, 6) is 0. The average molecular weight is 211 g/mol. The van der Waals surface area contributed by atoms with Gasteiger partial charge in [0.1, 0.15) is 0 Å². The standard InChI is InChI=1S/C13H11N2O/c16-13(14-11-7-3-1-4-8-11)15-12-9-5-2-6-10-12/h1,3-10H,(H2,14,15,16). The second kappa shape index (κ2) is 4.98. The van der Waals surface area contributed by atoms with Crippen molar-refractivity contribution >= 4 is 17.4 Å². The molecular formula is C13H11N2O. The molecule has 0 aliphatic carbocycles. The van der Waals surface area contributed by atoms with Gasteiger partial charge in [-0.1, -0.05) is 30.3 Å². The van der Waals surface area contributed by atoms with E-state index in [1.165, 1.54) is 0 Å². The van der Waals surface area contributed by atoms with Crippen molar-refractivity contribution in [3.63, 3.8) is 0 Å².